The molecule has 0 saturated carbocycles. The highest BCUT2D eigenvalue weighted by molar-refractivity contribution is 5.71. The average molecular weight is 240 g/mol. The van der Waals surface area contributed by atoms with E-state index in [4.69, 9.17) is 11.5 Å². The maximum absolute atomic E-state index is 11.0. The molecule has 6 nitrogen and oxygen atoms in total. The number of ether oxygens (including phenoxy) is 1. The number of aliphatic hydroxyl groups is 2. The summed E-state index contributed by atoms with van der Waals surface area (Å²) < 4.78 is 4.39. The van der Waals surface area contributed by atoms with Crippen molar-refractivity contribution >= 4 is 17.3 Å². The van der Waals surface area contributed by atoms with Gasteiger partial charge in [-0.3, -0.25) is 4.79 Å². The van der Waals surface area contributed by atoms with Gasteiger partial charge in [-0.15, -0.1) is 0 Å². The van der Waals surface area contributed by atoms with Crippen LogP contribution < -0.4 is 11.5 Å². The van der Waals surface area contributed by atoms with E-state index < -0.39 is 18.2 Å². The average Bonchev–Trinajstić information content (AvgIpc) is 2.31. The van der Waals surface area contributed by atoms with Crippen LogP contribution in [0.5, 0.6) is 0 Å². The second-order valence-electron chi connectivity index (χ2n) is 3.64. The van der Waals surface area contributed by atoms with Gasteiger partial charge in [-0.25, -0.2) is 0 Å². The summed E-state index contributed by atoms with van der Waals surface area (Å²) in [5, 5.41) is 19.5. The van der Waals surface area contributed by atoms with Gasteiger partial charge in [-0.1, -0.05) is 12.1 Å². The Bertz CT molecular complexity index is 408. The molecule has 0 heterocycles. The molecule has 0 radical (unpaired) electrons. The molecule has 0 fully saturated rings. The summed E-state index contributed by atoms with van der Waals surface area (Å²) in [6, 6.07) is 4.73. The van der Waals surface area contributed by atoms with Crippen molar-refractivity contribution in [1.29, 1.82) is 0 Å². The van der Waals surface area contributed by atoms with E-state index in [2.05, 4.69) is 4.74 Å². The lowest BCUT2D eigenvalue weighted by molar-refractivity contribution is -0.144. The number of methoxy groups -OCH3 is 1. The summed E-state index contributed by atoms with van der Waals surface area (Å²) in [5.74, 6) is -0.612. The third-order valence-electron chi connectivity index (χ3n) is 2.46. The minimum absolute atomic E-state index is 0.198. The minimum Gasteiger partial charge on any atom is -0.469 e. The predicted molar refractivity (Wildman–Crippen MR) is 62.9 cm³/mol. The zero-order chi connectivity index (χ0) is 13.0. The van der Waals surface area contributed by atoms with Gasteiger partial charge in [0.1, 0.15) is 6.10 Å². The number of nitrogens with two attached hydrogens (primary N) is 2. The summed E-state index contributed by atoms with van der Waals surface area (Å²) >= 11 is 0. The highest BCUT2D eigenvalue weighted by atomic mass is 16.5. The number of hydrogen-bond donors (Lipinski definition) is 4. The molecule has 0 aromatic heterocycles. The molecule has 6 N–H and O–H groups in total. The SMILES string of the molecule is COC(=O)CC(O)C(O)c1cccc(N)c1N. The molecule has 17 heavy (non-hydrogen) atoms. The maximum atomic E-state index is 11.0. The maximum Gasteiger partial charge on any atom is 0.308 e. The first-order valence-corrected chi connectivity index (χ1v) is 5.04. The standard InChI is InChI=1S/C11H16N2O4/c1-17-9(15)5-8(14)11(16)6-3-2-4-7(12)10(6)13/h2-4,8,11,14,16H,5,12-13H2,1H3. The van der Waals surface area contributed by atoms with E-state index in [0.717, 1.165) is 0 Å². The Morgan fingerprint density at radius 2 is 2.06 bits per heavy atom. The van der Waals surface area contributed by atoms with E-state index in [1.54, 1.807) is 12.1 Å². The number of carbonyl (C=O) groups is 1. The number of aliphatic hydroxyl groups excluding tert-OH is 2. The van der Waals surface area contributed by atoms with Gasteiger partial charge in [0.05, 0.1) is 31.0 Å². The molecule has 0 amide bonds. The zero-order valence-corrected chi connectivity index (χ0v) is 9.46. The normalized spacial score (nSPS) is 14.1. The molecule has 0 aliphatic heterocycles. The molecule has 0 saturated heterocycles. The quantitative estimate of drug-likeness (QED) is 0.428. The van der Waals surface area contributed by atoms with Crippen LogP contribution in [0.1, 0.15) is 18.1 Å². The van der Waals surface area contributed by atoms with Crippen LogP contribution in [-0.4, -0.2) is 29.4 Å². The summed E-state index contributed by atoms with van der Waals surface area (Å²) in [5.41, 5.74) is 12.1. The number of benzene rings is 1. The van der Waals surface area contributed by atoms with Crippen molar-refractivity contribution in [3.8, 4) is 0 Å². The van der Waals surface area contributed by atoms with E-state index in [1.807, 2.05) is 0 Å². The number of anilines is 2. The number of hydrogen-bond acceptors (Lipinski definition) is 6. The van der Waals surface area contributed by atoms with Gasteiger partial charge in [-0.05, 0) is 6.07 Å². The Balaban J connectivity index is 2.85. The third-order valence-corrected chi connectivity index (χ3v) is 2.46. The first-order chi connectivity index (χ1) is 7.97. The molecule has 0 bridgehead atoms. The van der Waals surface area contributed by atoms with Crippen LogP contribution in [0.3, 0.4) is 0 Å². The highest BCUT2D eigenvalue weighted by Gasteiger charge is 2.23. The molecule has 0 spiro atoms. The van der Waals surface area contributed by atoms with Crippen LogP contribution in [0.4, 0.5) is 11.4 Å². The first-order valence-electron chi connectivity index (χ1n) is 5.04. The van der Waals surface area contributed by atoms with Crippen molar-refractivity contribution < 1.29 is 19.7 Å². The summed E-state index contributed by atoms with van der Waals surface area (Å²) in [7, 11) is 1.20. The Morgan fingerprint density at radius 1 is 1.41 bits per heavy atom. The van der Waals surface area contributed by atoms with E-state index in [9.17, 15) is 15.0 Å². The number of para-hydroxylation sites is 1. The lowest BCUT2D eigenvalue weighted by atomic mass is 10.00. The largest absolute Gasteiger partial charge is 0.469 e. The van der Waals surface area contributed by atoms with E-state index in [0.29, 0.717) is 11.3 Å². The minimum atomic E-state index is -1.29. The molecule has 0 aliphatic rings. The molecule has 94 valence electrons. The molecule has 1 aromatic rings. The first kappa shape index (κ1) is 13.3. The van der Waals surface area contributed by atoms with Crippen LogP contribution in [0.25, 0.3) is 0 Å². The van der Waals surface area contributed by atoms with Gasteiger partial charge in [-0.2, -0.15) is 0 Å². The van der Waals surface area contributed by atoms with Crippen LogP contribution in [0, 0.1) is 0 Å². The van der Waals surface area contributed by atoms with Gasteiger partial charge >= 0.3 is 5.97 Å². The topological polar surface area (TPSA) is 119 Å². The van der Waals surface area contributed by atoms with E-state index >= 15 is 0 Å². The smallest absolute Gasteiger partial charge is 0.308 e. The zero-order valence-electron chi connectivity index (χ0n) is 9.46. The van der Waals surface area contributed by atoms with Gasteiger partial charge in [0, 0.05) is 5.56 Å². The molecule has 2 unspecified atom stereocenters. The molecule has 1 rings (SSSR count). The van der Waals surface area contributed by atoms with Gasteiger partial charge in [0.15, 0.2) is 0 Å². The molecule has 0 aliphatic carbocycles. The van der Waals surface area contributed by atoms with E-state index in [1.165, 1.54) is 13.2 Å². The Morgan fingerprint density at radius 3 is 2.65 bits per heavy atom. The number of esters is 1. The fourth-order valence-electron chi connectivity index (χ4n) is 1.43. The second kappa shape index (κ2) is 5.51. The molecule has 2 atom stereocenters. The number of nitrogen functional groups attached to an aromatic ring is 2. The second-order valence-corrected chi connectivity index (χ2v) is 3.64. The molecule has 6 heteroatoms. The van der Waals surface area contributed by atoms with Crippen LogP contribution in [0.15, 0.2) is 18.2 Å². The highest BCUT2D eigenvalue weighted by Crippen LogP contribution is 2.28. The van der Waals surface area contributed by atoms with Gasteiger partial charge in [0.2, 0.25) is 0 Å². The Kier molecular flexibility index (Phi) is 4.30. The van der Waals surface area contributed by atoms with Crippen molar-refractivity contribution in [2.45, 2.75) is 18.6 Å². The van der Waals surface area contributed by atoms with E-state index in [-0.39, 0.29) is 12.1 Å². The van der Waals surface area contributed by atoms with Crippen molar-refractivity contribution in [3.05, 3.63) is 23.8 Å². The molecular weight excluding hydrogens is 224 g/mol. The summed E-state index contributed by atoms with van der Waals surface area (Å²) in [6.45, 7) is 0. The predicted octanol–water partition coefficient (Wildman–Crippen LogP) is -0.192. The van der Waals surface area contributed by atoms with Gasteiger partial charge < -0.3 is 26.4 Å². The lowest BCUT2D eigenvalue weighted by Crippen LogP contribution is -2.23. The molecule has 1 aromatic carbocycles. The fourth-order valence-corrected chi connectivity index (χ4v) is 1.43. The number of rotatable bonds is 4. The van der Waals surface area contributed by atoms with Crippen molar-refractivity contribution in [2.24, 2.45) is 0 Å². The van der Waals surface area contributed by atoms with Crippen LogP contribution >= 0.6 is 0 Å². The Labute approximate surface area is 98.8 Å². The van der Waals surface area contributed by atoms with Crippen LogP contribution in [-0.2, 0) is 9.53 Å². The number of carbonyl (C=O) groups excluding carboxylic acids is 1. The van der Waals surface area contributed by atoms with Crippen molar-refractivity contribution in [1.82, 2.24) is 0 Å². The van der Waals surface area contributed by atoms with Crippen LogP contribution in [0.2, 0.25) is 0 Å². The summed E-state index contributed by atoms with van der Waals surface area (Å²) in [4.78, 5) is 11.0. The van der Waals surface area contributed by atoms with Crippen molar-refractivity contribution in [2.75, 3.05) is 18.6 Å². The van der Waals surface area contributed by atoms with Gasteiger partial charge in [0.25, 0.3) is 0 Å². The fraction of sp³-hybridized carbons (Fsp3) is 0.364. The monoisotopic (exact) mass is 240 g/mol. The Hall–Kier alpha value is -1.79. The summed E-state index contributed by atoms with van der Waals surface area (Å²) in [6.07, 6.45) is -2.88. The lowest BCUT2D eigenvalue weighted by Gasteiger charge is -2.19. The molecular formula is C11H16N2O4. The third kappa shape index (κ3) is 3.08. The van der Waals surface area contributed by atoms with Crippen molar-refractivity contribution in [3.63, 3.8) is 0 Å².